The van der Waals surface area contributed by atoms with Gasteiger partial charge in [0.15, 0.2) is 11.5 Å². The Morgan fingerprint density at radius 2 is 2.25 bits per heavy atom. The van der Waals surface area contributed by atoms with Crippen molar-refractivity contribution in [3.8, 4) is 0 Å². The molecule has 0 atom stereocenters. The molecule has 0 bridgehead atoms. The monoisotopic (exact) mass is 284 g/mol. The summed E-state index contributed by atoms with van der Waals surface area (Å²) >= 11 is 0. The zero-order valence-corrected chi connectivity index (χ0v) is 11.8. The van der Waals surface area contributed by atoms with Crippen LogP contribution < -0.4 is 0 Å². The lowest BCUT2D eigenvalue weighted by atomic mass is 9.94. The Labute approximate surface area is 117 Å². The van der Waals surface area contributed by atoms with Gasteiger partial charge in [0.2, 0.25) is 0 Å². The normalized spacial score (nSPS) is 17.9. The SMILES string of the molecule is COCc1cc(C(=O)N(C)CC2(O)CCOCC2)no1. The molecule has 0 aliphatic carbocycles. The van der Waals surface area contributed by atoms with Crippen LogP contribution in [0.2, 0.25) is 0 Å². The van der Waals surface area contributed by atoms with E-state index in [1.54, 1.807) is 13.1 Å². The summed E-state index contributed by atoms with van der Waals surface area (Å²) in [6.45, 7) is 1.55. The van der Waals surface area contributed by atoms with Gasteiger partial charge in [0.05, 0.1) is 5.60 Å². The molecule has 1 fully saturated rings. The molecule has 0 radical (unpaired) electrons. The minimum absolute atomic E-state index is 0.218. The Kier molecular flexibility index (Phi) is 4.74. The Hall–Kier alpha value is -1.44. The largest absolute Gasteiger partial charge is 0.388 e. The van der Waals surface area contributed by atoms with Crippen LogP contribution in [0.15, 0.2) is 10.6 Å². The number of hydrogen-bond donors (Lipinski definition) is 1. The van der Waals surface area contributed by atoms with Crippen molar-refractivity contribution in [2.24, 2.45) is 0 Å². The number of likely N-dealkylation sites (N-methyl/N-ethyl adjacent to an activating group) is 1. The number of hydrogen-bond acceptors (Lipinski definition) is 6. The Morgan fingerprint density at radius 1 is 1.55 bits per heavy atom. The predicted molar refractivity (Wildman–Crippen MR) is 69.2 cm³/mol. The number of aromatic nitrogens is 1. The maximum Gasteiger partial charge on any atom is 0.275 e. The van der Waals surface area contributed by atoms with Crippen molar-refractivity contribution in [2.75, 3.05) is 33.9 Å². The van der Waals surface area contributed by atoms with E-state index in [9.17, 15) is 9.90 Å². The third kappa shape index (κ3) is 3.56. The first kappa shape index (κ1) is 15.0. The van der Waals surface area contributed by atoms with Gasteiger partial charge in [-0.25, -0.2) is 0 Å². The average Bonchev–Trinajstić information content (AvgIpc) is 2.87. The molecule has 2 rings (SSSR count). The Bertz CT molecular complexity index is 453. The second kappa shape index (κ2) is 6.34. The molecule has 20 heavy (non-hydrogen) atoms. The second-order valence-electron chi connectivity index (χ2n) is 5.11. The molecule has 1 aromatic rings. The van der Waals surface area contributed by atoms with Gasteiger partial charge in [-0.15, -0.1) is 0 Å². The zero-order valence-electron chi connectivity index (χ0n) is 11.8. The van der Waals surface area contributed by atoms with E-state index in [1.807, 2.05) is 0 Å². The van der Waals surface area contributed by atoms with Gasteiger partial charge in [0.1, 0.15) is 6.61 Å². The van der Waals surface area contributed by atoms with Gasteiger partial charge in [0.25, 0.3) is 5.91 Å². The third-order valence-electron chi connectivity index (χ3n) is 3.37. The van der Waals surface area contributed by atoms with Gasteiger partial charge in [0, 0.05) is 52.8 Å². The number of aliphatic hydroxyl groups is 1. The number of carbonyl (C=O) groups excluding carboxylic acids is 1. The van der Waals surface area contributed by atoms with E-state index in [2.05, 4.69) is 5.16 Å². The summed E-state index contributed by atoms with van der Waals surface area (Å²) < 4.78 is 15.1. The number of nitrogens with zero attached hydrogens (tertiary/aromatic N) is 2. The summed E-state index contributed by atoms with van der Waals surface area (Å²) in [5.74, 6) is 0.213. The highest BCUT2D eigenvalue weighted by Crippen LogP contribution is 2.22. The molecule has 1 aliphatic heterocycles. The molecule has 1 aliphatic rings. The lowest BCUT2D eigenvalue weighted by molar-refractivity contribution is -0.0734. The fraction of sp³-hybridized carbons (Fsp3) is 0.692. The minimum Gasteiger partial charge on any atom is -0.388 e. The van der Waals surface area contributed by atoms with Crippen LogP contribution in [0.4, 0.5) is 0 Å². The Balaban J connectivity index is 1.96. The summed E-state index contributed by atoms with van der Waals surface area (Å²) in [4.78, 5) is 13.7. The molecule has 1 saturated heterocycles. The quantitative estimate of drug-likeness (QED) is 0.844. The molecule has 2 heterocycles. The molecule has 1 aromatic heterocycles. The average molecular weight is 284 g/mol. The first-order valence-corrected chi connectivity index (χ1v) is 6.54. The molecule has 0 aromatic carbocycles. The van der Waals surface area contributed by atoms with Crippen molar-refractivity contribution in [1.82, 2.24) is 10.1 Å². The fourth-order valence-electron chi connectivity index (χ4n) is 2.24. The van der Waals surface area contributed by atoms with E-state index in [-0.39, 0.29) is 24.8 Å². The summed E-state index contributed by atoms with van der Waals surface area (Å²) in [5.41, 5.74) is -0.669. The van der Waals surface area contributed by atoms with E-state index in [4.69, 9.17) is 14.0 Å². The number of rotatable bonds is 5. The molecule has 0 spiro atoms. The van der Waals surface area contributed by atoms with Gasteiger partial charge < -0.3 is 24.0 Å². The predicted octanol–water partition coefficient (Wildman–Crippen LogP) is 0.434. The van der Waals surface area contributed by atoms with E-state index in [1.165, 1.54) is 12.0 Å². The third-order valence-corrected chi connectivity index (χ3v) is 3.37. The van der Waals surface area contributed by atoms with Crippen molar-refractivity contribution < 1.29 is 23.9 Å². The second-order valence-corrected chi connectivity index (χ2v) is 5.11. The standard InChI is InChI=1S/C13H20N2O5/c1-15(9-13(17)3-5-19-6-4-13)12(16)11-7-10(8-18-2)20-14-11/h7,17H,3-6,8-9H2,1-2H3. The zero-order chi connectivity index (χ0) is 14.6. The minimum atomic E-state index is -0.887. The molecule has 0 unspecified atom stereocenters. The van der Waals surface area contributed by atoms with Crippen LogP contribution in [0.25, 0.3) is 0 Å². The molecule has 0 saturated carbocycles. The molecule has 1 N–H and O–H groups in total. The van der Waals surface area contributed by atoms with E-state index < -0.39 is 5.60 Å². The molecule has 112 valence electrons. The topological polar surface area (TPSA) is 85.0 Å². The van der Waals surface area contributed by atoms with Crippen molar-refractivity contribution in [1.29, 1.82) is 0 Å². The van der Waals surface area contributed by atoms with Crippen LogP contribution in [0.3, 0.4) is 0 Å². The highest BCUT2D eigenvalue weighted by molar-refractivity contribution is 5.92. The first-order chi connectivity index (χ1) is 9.54. The van der Waals surface area contributed by atoms with Crippen molar-refractivity contribution in [3.05, 3.63) is 17.5 Å². The van der Waals surface area contributed by atoms with Gasteiger partial charge in [-0.2, -0.15) is 0 Å². The van der Waals surface area contributed by atoms with Crippen LogP contribution in [0, 0.1) is 0 Å². The van der Waals surface area contributed by atoms with E-state index >= 15 is 0 Å². The van der Waals surface area contributed by atoms with Gasteiger partial charge in [-0.05, 0) is 0 Å². The van der Waals surface area contributed by atoms with Crippen LogP contribution in [0.5, 0.6) is 0 Å². The summed E-state index contributed by atoms with van der Waals surface area (Å²) in [5, 5.41) is 14.1. The van der Waals surface area contributed by atoms with Crippen LogP contribution in [-0.4, -0.2) is 60.6 Å². The van der Waals surface area contributed by atoms with Crippen molar-refractivity contribution in [2.45, 2.75) is 25.0 Å². The number of ether oxygens (including phenoxy) is 2. The molecule has 1 amide bonds. The van der Waals surface area contributed by atoms with Crippen LogP contribution >= 0.6 is 0 Å². The van der Waals surface area contributed by atoms with Crippen molar-refractivity contribution >= 4 is 5.91 Å². The fourth-order valence-corrected chi connectivity index (χ4v) is 2.24. The number of amides is 1. The molecular formula is C13H20N2O5. The van der Waals surface area contributed by atoms with Crippen molar-refractivity contribution in [3.63, 3.8) is 0 Å². The van der Waals surface area contributed by atoms with Gasteiger partial charge in [-0.3, -0.25) is 4.79 Å². The molecular weight excluding hydrogens is 264 g/mol. The highest BCUT2D eigenvalue weighted by atomic mass is 16.5. The van der Waals surface area contributed by atoms with E-state index in [0.29, 0.717) is 31.8 Å². The summed E-state index contributed by atoms with van der Waals surface area (Å²) in [6, 6.07) is 1.55. The molecule has 7 heteroatoms. The number of methoxy groups -OCH3 is 1. The van der Waals surface area contributed by atoms with Gasteiger partial charge >= 0.3 is 0 Å². The smallest absolute Gasteiger partial charge is 0.275 e. The maximum absolute atomic E-state index is 12.2. The van der Waals surface area contributed by atoms with Crippen LogP contribution in [-0.2, 0) is 16.1 Å². The maximum atomic E-state index is 12.2. The lowest BCUT2D eigenvalue weighted by Gasteiger charge is -2.35. The van der Waals surface area contributed by atoms with E-state index in [0.717, 1.165) is 0 Å². The summed E-state index contributed by atoms with van der Waals surface area (Å²) in [6.07, 6.45) is 1.05. The summed E-state index contributed by atoms with van der Waals surface area (Å²) in [7, 11) is 3.18. The van der Waals surface area contributed by atoms with Crippen LogP contribution in [0.1, 0.15) is 29.1 Å². The number of carbonyl (C=O) groups is 1. The van der Waals surface area contributed by atoms with Gasteiger partial charge in [-0.1, -0.05) is 5.16 Å². The first-order valence-electron chi connectivity index (χ1n) is 6.54. The Morgan fingerprint density at radius 3 is 2.90 bits per heavy atom. The molecule has 7 nitrogen and oxygen atoms in total. The highest BCUT2D eigenvalue weighted by Gasteiger charge is 2.33. The lowest BCUT2D eigenvalue weighted by Crippen LogP contribution is -2.47.